The van der Waals surface area contributed by atoms with Crippen molar-refractivity contribution in [3.63, 3.8) is 0 Å². The number of hydrogen-bond acceptors (Lipinski definition) is 5. The molecule has 2 aromatic carbocycles. The lowest BCUT2D eigenvalue weighted by Gasteiger charge is -2.29. The topological polar surface area (TPSA) is 87.7 Å². The first kappa shape index (κ1) is 20.1. The Morgan fingerprint density at radius 1 is 1.14 bits per heavy atom. The van der Waals surface area contributed by atoms with E-state index in [9.17, 15) is 14.4 Å². The highest BCUT2D eigenvalue weighted by molar-refractivity contribution is 6.04. The molecule has 7 heteroatoms. The Labute approximate surface area is 169 Å². The van der Waals surface area contributed by atoms with Gasteiger partial charge < -0.3 is 15.4 Å². The van der Waals surface area contributed by atoms with Crippen molar-refractivity contribution in [2.45, 2.75) is 12.5 Å². The maximum Gasteiger partial charge on any atom is 0.325 e. The summed E-state index contributed by atoms with van der Waals surface area (Å²) < 4.78 is 4.78. The van der Waals surface area contributed by atoms with E-state index in [-0.39, 0.29) is 19.0 Å². The Bertz CT molecular complexity index is 911. The van der Waals surface area contributed by atoms with Crippen LogP contribution in [0.4, 0.5) is 5.69 Å². The highest BCUT2D eigenvalue weighted by Gasteiger charge is 2.30. The van der Waals surface area contributed by atoms with Crippen LogP contribution in [0, 0.1) is 0 Å². The Morgan fingerprint density at radius 3 is 2.62 bits per heavy atom. The molecule has 0 saturated carbocycles. The summed E-state index contributed by atoms with van der Waals surface area (Å²) >= 11 is 0. The molecule has 2 N–H and O–H groups in total. The first-order chi connectivity index (χ1) is 14.1. The van der Waals surface area contributed by atoms with Gasteiger partial charge in [0.1, 0.15) is 12.6 Å². The van der Waals surface area contributed by atoms with Gasteiger partial charge >= 0.3 is 5.97 Å². The van der Waals surface area contributed by atoms with Crippen LogP contribution in [-0.2, 0) is 20.7 Å². The normalized spacial score (nSPS) is 17.5. The van der Waals surface area contributed by atoms with Gasteiger partial charge in [-0.3, -0.25) is 19.3 Å². The zero-order valence-corrected chi connectivity index (χ0v) is 16.1. The molecular formula is C22H23N3O4. The monoisotopic (exact) mass is 393 g/mol. The minimum Gasteiger partial charge on any atom is -0.468 e. The maximum absolute atomic E-state index is 13.4. The molecule has 0 bridgehead atoms. The van der Waals surface area contributed by atoms with Crippen LogP contribution in [0.2, 0.25) is 0 Å². The van der Waals surface area contributed by atoms with Crippen LogP contribution in [0.15, 0.2) is 66.9 Å². The number of anilines is 1. The molecule has 7 nitrogen and oxygen atoms in total. The SMILES string of the molecule is COC(=O)CN1C(=O)[C@@H](NC(=O)c2ccccc2)CN/C=C\Cc2ccccc21. The van der Waals surface area contributed by atoms with Gasteiger partial charge in [-0.1, -0.05) is 42.5 Å². The molecular weight excluding hydrogens is 370 g/mol. The van der Waals surface area contributed by atoms with Crippen molar-refractivity contribution in [3.05, 3.63) is 78.0 Å². The molecule has 2 amide bonds. The van der Waals surface area contributed by atoms with Crippen LogP contribution in [0.1, 0.15) is 15.9 Å². The molecule has 2 aromatic rings. The summed E-state index contributed by atoms with van der Waals surface area (Å²) in [5, 5.41) is 5.83. The van der Waals surface area contributed by atoms with Crippen LogP contribution in [0.3, 0.4) is 0 Å². The minimum atomic E-state index is -0.872. The van der Waals surface area contributed by atoms with Crippen molar-refractivity contribution in [2.24, 2.45) is 0 Å². The van der Waals surface area contributed by atoms with Gasteiger partial charge in [0.25, 0.3) is 11.8 Å². The zero-order valence-electron chi connectivity index (χ0n) is 16.1. The number of nitrogens with zero attached hydrogens (tertiary/aromatic N) is 1. The number of ether oxygens (including phenoxy) is 1. The number of hydrogen-bond donors (Lipinski definition) is 2. The number of benzene rings is 2. The van der Waals surface area contributed by atoms with Crippen molar-refractivity contribution in [1.29, 1.82) is 0 Å². The fourth-order valence-corrected chi connectivity index (χ4v) is 3.10. The van der Waals surface area contributed by atoms with Gasteiger partial charge in [-0.15, -0.1) is 0 Å². The molecule has 1 heterocycles. The third-order valence-corrected chi connectivity index (χ3v) is 4.60. The third kappa shape index (κ3) is 5.01. The Hall–Kier alpha value is -3.61. The summed E-state index contributed by atoms with van der Waals surface area (Å²) in [7, 11) is 1.28. The quantitative estimate of drug-likeness (QED) is 0.772. The first-order valence-electron chi connectivity index (χ1n) is 9.30. The zero-order chi connectivity index (χ0) is 20.6. The Kier molecular flexibility index (Phi) is 6.63. The first-order valence-corrected chi connectivity index (χ1v) is 9.30. The summed E-state index contributed by atoms with van der Waals surface area (Å²) in [6.07, 6.45) is 4.29. The largest absolute Gasteiger partial charge is 0.468 e. The second kappa shape index (κ2) is 9.54. The molecule has 1 atom stereocenters. The summed E-state index contributed by atoms with van der Waals surface area (Å²) in [6, 6.07) is 15.2. The summed E-state index contributed by atoms with van der Waals surface area (Å²) in [4.78, 5) is 39.4. The fourth-order valence-electron chi connectivity index (χ4n) is 3.10. The second-order valence-corrected chi connectivity index (χ2v) is 6.54. The van der Waals surface area contributed by atoms with E-state index < -0.39 is 17.9 Å². The number of carbonyl (C=O) groups is 3. The van der Waals surface area contributed by atoms with Gasteiger partial charge in [0.05, 0.1) is 7.11 Å². The van der Waals surface area contributed by atoms with Crippen molar-refractivity contribution in [2.75, 3.05) is 25.1 Å². The number of allylic oxidation sites excluding steroid dienone is 1. The molecule has 0 radical (unpaired) electrons. The number of esters is 1. The van der Waals surface area contributed by atoms with Gasteiger partial charge in [-0.2, -0.15) is 0 Å². The Balaban J connectivity index is 1.94. The predicted octanol–water partition coefficient (Wildman–Crippen LogP) is 1.65. The summed E-state index contributed by atoms with van der Waals surface area (Å²) in [6.45, 7) is -0.0541. The molecule has 0 fully saturated rings. The van der Waals surface area contributed by atoms with Crippen LogP contribution in [-0.4, -0.2) is 44.0 Å². The molecule has 29 heavy (non-hydrogen) atoms. The fraction of sp³-hybridized carbons (Fsp3) is 0.227. The number of fused-ring (bicyclic) bond motifs is 1. The molecule has 3 rings (SSSR count). The van der Waals surface area contributed by atoms with Crippen molar-refractivity contribution in [1.82, 2.24) is 10.6 Å². The van der Waals surface area contributed by atoms with Gasteiger partial charge in [-0.05, 0) is 36.4 Å². The highest BCUT2D eigenvalue weighted by atomic mass is 16.5. The van der Waals surface area contributed by atoms with Gasteiger partial charge in [0.15, 0.2) is 0 Å². The average Bonchev–Trinajstić information content (AvgIpc) is 2.76. The highest BCUT2D eigenvalue weighted by Crippen LogP contribution is 2.23. The molecule has 0 aliphatic carbocycles. The standard InChI is InChI=1S/C22H23N3O4/c1-29-20(26)15-25-19-12-6-5-8-16(19)11-7-13-23-14-18(22(25)28)24-21(27)17-9-3-2-4-10-17/h2-10,12-13,18,23H,11,14-15H2,1H3,(H,24,27)/b13-7-/t18-/m0/s1. The number of methoxy groups -OCH3 is 1. The molecule has 0 unspecified atom stereocenters. The smallest absolute Gasteiger partial charge is 0.325 e. The van der Waals surface area contributed by atoms with E-state index in [1.807, 2.05) is 30.3 Å². The van der Waals surface area contributed by atoms with E-state index in [1.165, 1.54) is 12.0 Å². The molecule has 150 valence electrons. The lowest BCUT2D eigenvalue weighted by Crippen LogP contribution is -2.54. The van der Waals surface area contributed by atoms with E-state index >= 15 is 0 Å². The van der Waals surface area contributed by atoms with Crippen molar-refractivity contribution in [3.8, 4) is 0 Å². The van der Waals surface area contributed by atoms with E-state index in [1.54, 1.807) is 36.5 Å². The maximum atomic E-state index is 13.4. The lowest BCUT2D eigenvalue weighted by molar-refractivity contribution is -0.140. The predicted molar refractivity (Wildman–Crippen MR) is 109 cm³/mol. The van der Waals surface area contributed by atoms with Crippen molar-refractivity contribution < 1.29 is 19.1 Å². The van der Waals surface area contributed by atoms with E-state index in [4.69, 9.17) is 4.74 Å². The van der Waals surface area contributed by atoms with E-state index in [2.05, 4.69) is 10.6 Å². The summed E-state index contributed by atoms with van der Waals surface area (Å²) in [5.41, 5.74) is 1.96. The van der Waals surface area contributed by atoms with E-state index in [0.717, 1.165) is 5.56 Å². The van der Waals surface area contributed by atoms with Gasteiger partial charge in [0, 0.05) is 17.8 Å². The summed E-state index contributed by atoms with van der Waals surface area (Å²) in [5.74, 6) is -1.30. The minimum absolute atomic E-state index is 0.188. The van der Waals surface area contributed by atoms with Crippen LogP contribution >= 0.6 is 0 Å². The number of para-hydroxylation sites is 1. The molecule has 0 aromatic heterocycles. The van der Waals surface area contributed by atoms with Crippen LogP contribution < -0.4 is 15.5 Å². The molecule has 1 aliphatic heterocycles. The van der Waals surface area contributed by atoms with Gasteiger partial charge in [-0.25, -0.2) is 0 Å². The number of rotatable bonds is 4. The van der Waals surface area contributed by atoms with E-state index in [0.29, 0.717) is 17.7 Å². The number of carbonyl (C=O) groups excluding carboxylic acids is 3. The molecule has 0 spiro atoms. The molecule has 0 saturated heterocycles. The average molecular weight is 393 g/mol. The number of amides is 2. The third-order valence-electron chi connectivity index (χ3n) is 4.60. The van der Waals surface area contributed by atoms with Crippen LogP contribution in [0.5, 0.6) is 0 Å². The lowest BCUT2D eigenvalue weighted by atomic mass is 10.1. The van der Waals surface area contributed by atoms with Gasteiger partial charge in [0.2, 0.25) is 0 Å². The molecule has 1 aliphatic rings. The van der Waals surface area contributed by atoms with Crippen LogP contribution in [0.25, 0.3) is 0 Å². The number of nitrogens with one attached hydrogen (secondary N) is 2. The van der Waals surface area contributed by atoms with Crippen molar-refractivity contribution >= 4 is 23.5 Å². The second-order valence-electron chi connectivity index (χ2n) is 6.54. The Morgan fingerprint density at radius 2 is 1.86 bits per heavy atom.